The average molecular weight is 292 g/mol. The van der Waals surface area contributed by atoms with Gasteiger partial charge in [0.15, 0.2) is 0 Å². The molecule has 0 aliphatic heterocycles. The van der Waals surface area contributed by atoms with Crippen molar-refractivity contribution < 1.29 is 9.53 Å². The normalized spacial score (nSPS) is 12.3. The number of amides is 1. The van der Waals surface area contributed by atoms with Crippen LogP contribution in [0.15, 0.2) is 29.2 Å². The van der Waals surface area contributed by atoms with Crippen LogP contribution in [0.3, 0.4) is 0 Å². The number of thioether (sulfide) groups is 1. The summed E-state index contributed by atoms with van der Waals surface area (Å²) in [5.41, 5.74) is 0.179. The van der Waals surface area contributed by atoms with Crippen molar-refractivity contribution in [3.05, 3.63) is 24.3 Å². The molecule has 1 amide bonds. The molecule has 1 N–H and O–H groups in total. The van der Waals surface area contributed by atoms with Crippen LogP contribution in [0.2, 0.25) is 0 Å². The van der Waals surface area contributed by atoms with E-state index in [2.05, 4.69) is 11.4 Å². The van der Waals surface area contributed by atoms with Crippen molar-refractivity contribution in [1.29, 1.82) is 5.26 Å². The highest BCUT2D eigenvalue weighted by molar-refractivity contribution is 7.99. The summed E-state index contributed by atoms with van der Waals surface area (Å²) in [5.74, 6) is 0.651. The van der Waals surface area contributed by atoms with E-state index in [1.807, 2.05) is 52.0 Å². The zero-order chi connectivity index (χ0) is 15.2. The Labute approximate surface area is 124 Å². The second-order valence-corrected chi connectivity index (χ2v) is 6.53. The highest BCUT2D eigenvalue weighted by atomic mass is 32.2. The van der Waals surface area contributed by atoms with Crippen LogP contribution in [0.1, 0.15) is 27.7 Å². The van der Waals surface area contributed by atoms with E-state index in [4.69, 9.17) is 10.00 Å². The first kappa shape index (κ1) is 16.4. The van der Waals surface area contributed by atoms with Gasteiger partial charge in [-0.15, -0.1) is 11.8 Å². The number of nitriles is 1. The molecule has 0 aliphatic carbocycles. The van der Waals surface area contributed by atoms with Crippen LogP contribution in [0.25, 0.3) is 0 Å². The summed E-state index contributed by atoms with van der Waals surface area (Å²) < 4.78 is 5.23. The van der Waals surface area contributed by atoms with Crippen molar-refractivity contribution in [1.82, 2.24) is 0 Å². The monoisotopic (exact) mass is 292 g/mol. The van der Waals surface area contributed by atoms with Gasteiger partial charge in [0.1, 0.15) is 5.60 Å². The molecule has 0 spiro atoms. The minimum atomic E-state index is -0.526. The fourth-order valence-electron chi connectivity index (χ4n) is 1.36. The molecular formula is C15H20N2O2S. The molecule has 1 unspecified atom stereocenters. The van der Waals surface area contributed by atoms with Crippen LogP contribution in [-0.2, 0) is 4.74 Å². The second kappa shape index (κ2) is 7.20. The molecule has 108 valence electrons. The molecule has 5 heteroatoms. The first-order valence-electron chi connectivity index (χ1n) is 6.43. The molecule has 20 heavy (non-hydrogen) atoms. The van der Waals surface area contributed by atoms with E-state index in [1.54, 1.807) is 11.8 Å². The summed E-state index contributed by atoms with van der Waals surface area (Å²) >= 11 is 1.55. The minimum absolute atomic E-state index is 0.0328. The standard InChI is InChI=1S/C15H20N2O2S/c1-11(9-16)10-20-13-8-6-5-7-12(13)17-14(18)19-15(2,3)4/h5-8,11H,10H2,1-4H3,(H,17,18). The summed E-state index contributed by atoms with van der Waals surface area (Å²) in [7, 11) is 0. The highest BCUT2D eigenvalue weighted by Crippen LogP contribution is 2.28. The Morgan fingerprint density at radius 1 is 1.45 bits per heavy atom. The zero-order valence-corrected chi connectivity index (χ0v) is 13.1. The molecule has 0 heterocycles. The Kier molecular flexibility index (Phi) is 5.90. The number of rotatable bonds is 4. The molecule has 0 radical (unpaired) electrons. The van der Waals surface area contributed by atoms with Crippen molar-refractivity contribution in [2.75, 3.05) is 11.1 Å². The van der Waals surface area contributed by atoms with Gasteiger partial charge >= 0.3 is 6.09 Å². The maximum absolute atomic E-state index is 11.8. The highest BCUT2D eigenvalue weighted by Gasteiger charge is 2.17. The number of anilines is 1. The Morgan fingerprint density at radius 2 is 2.10 bits per heavy atom. The summed E-state index contributed by atoms with van der Waals surface area (Å²) in [4.78, 5) is 12.7. The van der Waals surface area contributed by atoms with Crippen LogP contribution >= 0.6 is 11.8 Å². The average Bonchev–Trinajstić information content (AvgIpc) is 2.35. The smallest absolute Gasteiger partial charge is 0.412 e. The Balaban J connectivity index is 2.71. The Morgan fingerprint density at radius 3 is 2.70 bits per heavy atom. The molecule has 4 nitrogen and oxygen atoms in total. The fourth-order valence-corrected chi connectivity index (χ4v) is 2.31. The second-order valence-electron chi connectivity index (χ2n) is 5.46. The number of hydrogen-bond donors (Lipinski definition) is 1. The van der Waals surface area contributed by atoms with Crippen LogP contribution in [0.5, 0.6) is 0 Å². The van der Waals surface area contributed by atoms with Gasteiger partial charge in [-0.05, 0) is 39.8 Å². The van der Waals surface area contributed by atoms with Gasteiger partial charge in [-0.3, -0.25) is 5.32 Å². The third kappa shape index (κ3) is 5.98. The van der Waals surface area contributed by atoms with Crippen molar-refractivity contribution in [2.24, 2.45) is 5.92 Å². The van der Waals surface area contributed by atoms with Gasteiger partial charge in [-0.2, -0.15) is 5.26 Å². The van der Waals surface area contributed by atoms with Crippen molar-refractivity contribution in [3.8, 4) is 6.07 Å². The molecule has 1 aromatic carbocycles. The first-order valence-corrected chi connectivity index (χ1v) is 7.42. The van der Waals surface area contributed by atoms with Gasteiger partial charge in [-0.25, -0.2) is 4.79 Å². The predicted molar refractivity (Wildman–Crippen MR) is 81.8 cm³/mol. The predicted octanol–water partition coefficient (Wildman–Crippen LogP) is 4.29. The zero-order valence-electron chi connectivity index (χ0n) is 12.3. The summed E-state index contributed by atoms with van der Waals surface area (Å²) in [5, 5.41) is 11.5. The molecule has 0 aromatic heterocycles. The molecule has 1 aromatic rings. The Bertz CT molecular complexity index is 503. The number of carbonyl (C=O) groups is 1. The van der Waals surface area contributed by atoms with Gasteiger partial charge in [0.05, 0.1) is 17.7 Å². The van der Waals surface area contributed by atoms with Crippen molar-refractivity contribution in [2.45, 2.75) is 38.2 Å². The third-order valence-electron chi connectivity index (χ3n) is 2.23. The molecule has 1 atom stereocenters. The lowest BCUT2D eigenvalue weighted by Crippen LogP contribution is -2.27. The third-order valence-corrected chi connectivity index (χ3v) is 3.57. The SMILES string of the molecule is CC(C#N)CSc1ccccc1NC(=O)OC(C)(C)C. The van der Waals surface area contributed by atoms with Gasteiger partial charge in [0.2, 0.25) is 0 Å². The van der Waals surface area contributed by atoms with E-state index in [9.17, 15) is 4.79 Å². The van der Waals surface area contributed by atoms with E-state index in [-0.39, 0.29) is 5.92 Å². The Hall–Kier alpha value is -1.67. The lowest BCUT2D eigenvalue weighted by molar-refractivity contribution is 0.0635. The molecule has 0 fully saturated rings. The molecule has 1 rings (SSSR count). The van der Waals surface area contributed by atoms with E-state index in [1.165, 1.54) is 0 Å². The van der Waals surface area contributed by atoms with Crippen molar-refractivity contribution in [3.63, 3.8) is 0 Å². The first-order chi connectivity index (χ1) is 9.31. The molecule has 0 bridgehead atoms. The topological polar surface area (TPSA) is 62.1 Å². The van der Waals surface area contributed by atoms with E-state index >= 15 is 0 Å². The molecule has 0 saturated heterocycles. The maximum Gasteiger partial charge on any atom is 0.412 e. The summed E-state index contributed by atoms with van der Waals surface area (Å²) in [6, 6.07) is 9.69. The van der Waals surface area contributed by atoms with Crippen molar-refractivity contribution >= 4 is 23.5 Å². The summed E-state index contributed by atoms with van der Waals surface area (Å²) in [6.45, 7) is 7.34. The lowest BCUT2D eigenvalue weighted by Gasteiger charge is -2.20. The number of para-hydroxylation sites is 1. The number of ether oxygens (including phenoxy) is 1. The maximum atomic E-state index is 11.8. The molecule has 0 saturated carbocycles. The number of carbonyl (C=O) groups excluding carboxylic acids is 1. The largest absolute Gasteiger partial charge is 0.444 e. The number of nitrogens with zero attached hydrogens (tertiary/aromatic N) is 1. The minimum Gasteiger partial charge on any atom is -0.444 e. The summed E-state index contributed by atoms with van der Waals surface area (Å²) in [6.07, 6.45) is -0.473. The van der Waals surface area contributed by atoms with Crippen LogP contribution in [0, 0.1) is 17.2 Å². The molecular weight excluding hydrogens is 272 g/mol. The van der Waals surface area contributed by atoms with Gasteiger partial charge in [0, 0.05) is 10.6 Å². The van der Waals surface area contributed by atoms with Crippen LogP contribution in [0.4, 0.5) is 10.5 Å². The van der Waals surface area contributed by atoms with E-state index in [0.29, 0.717) is 11.4 Å². The number of benzene rings is 1. The lowest BCUT2D eigenvalue weighted by atomic mass is 10.2. The van der Waals surface area contributed by atoms with E-state index in [0.717, 1.165) is 4.90 Å². The quantitative estimate of drug-likeness (QED) is 0.841. The van der Waals surface area contributed by atoms with E-state index < -0.39 is 11.7 Å². The van der Waals surface area contributed by atoms with Gasteiger partial charge in [0.25, 0.3) is 0 Å². The van der Waals surface area contributed by atoms with Crippen LogP contribution < -0.4 is 5.32 Å². The van der Waals surface area contributed by atoms with Crippen LogP contribution in [-0.4, -0.2) is 17.4 Å². The van der Waals surface area contributed by atoms with Gasteiger partial charge < -0.3 is 4.74 Å². The number of hydrogen-bond acceptors (Lipinski definition) is 4. The van der Waals surface area contributed by atoms with Gasteiger partial charge in [-0.1, -0.05) is 12.1 Å². The number of nitrogens with one attached hydrogen (secondary N) is 1. The molecule has 0 aliphatic rings. The fraction of sp³-hybridized carbons (Fsp3) is 0.467.